The van der Waals surface area contributed by atoms with Gasteiger partial charge in [0, 0.05) is 13.1 Å². The molecule has 14 heavy (non-hydrogen) atoms. The number of rotatable bonds is 6. The number of nitrogens with one attached hydrogen (secondary N) is 1. The molecule has 1 atom stereocenters. The third kappa shape index (κ3) is 3.87. The molecule has 4 nitrogen and oxygen atoms in total. The van der Waals surface area contributed by atoms with Crippen LogP contribution < -0.4 is 5.32 Å². The van der Waals surface area contributed by atoms with Gasteiger partial charge in [-0.05, 0) is 22.4 Å². The molecule has 1 heterocycles. The van der Waals surface area contributed by atoms with Crippen LogP contribution in [0.1, 0.15) is 18.1 Å². The standard InChI is InChI=1S/C9H13NO3S/c11-8(7-2-4-14-6-7)5-10-3-1-9(12)13/h2,4,6,8,10-11H,1,3,5H2,(H,12,13). The molecular formula is C9H13NO3S. The molecule has 0 aliphatic rings. The van der Waals surface area contributed by atoms with Gasteiger partial charge in [0.25, 0.3) is 0 Å². The molecule has 3 N–H and O–H groups in total. The van der Waals surface area contributed by atoms with Crippen LogP contribution in [-0.2, 0) is 4.79 Å². The van der Waals surface area contributed by atoms with Gasteiger partial charge in [0.05, 0.1) is 12.5 Å². The predicted octanol–water partition coefficient (Wildman–Crippen LogP) is 0.846. The molecule has 0 radical (unpaired) electrons. The van der Waals surface area contributed by atoms with Gasteiger partial charge in [0.1, 0.15) is 0 Å². The lowest BCUT2D eigenvalue weighted by atomic mass is 10.2. The first-order chi connectivity index (χ1) is 6.70. The van der Waals surface area contributed by atoms with Gasteiger partial charge >= 0.3 is 5.97 Å². The molecule has 78 valence electrons. The van der Waals surface area contributed by atoms with Crippen LogP contribution in [0.5, 0.6) is 0 Å². The molecule has 0 aliphatic heterocycles. The molecule has 5 heteroatoms. The monoisotopic (exact) mass is 215 g/mol. The third-order valence-electron chi connectivity index (χ3n) is 1.78. The normalized spacial score (nSPS) is 12.6. The van der Waals surface area contributed by atoms with Crippen molar-refractivity contribution in [2.24, 2.45) is 0 Å². The molecular weight excluding hydrogens is 202 g/mol. The summed E-state index contributed by atoms with van der Waals surface area (Å²) < 4.78 is 0. The smallest absolute Gasteiger partial charge is 0.304 e. The summed E-state index contributed by atoms with van der Waals surface area (Å²) in [6, 6.07) is 1.86. The Morgan fingerprint density at radius 1 is 1.64 bits per heavy atom. The van der Waals surface area contributed by atoms with Gasteiger partial charge in [-0.2, -0.15) is 11.3 Å². The molecule has 1 aromatic heterocycles. The van der Waals surface area contributed by atoms with Crippen molar-refractivity contribution in [3.63, 3.8) is 0 Å². The maximum atomic E-state index is 10.2. The molecule has 0 saturated carbocycles. The quantitative estimate of drug-likeness (QED) is 0.615. The molecule has 0 amide bonds. The highest BCUT2D eigenvalue weighted by atomic mass is 32.1. The van der Waals surface area contributed by atoms with E-state index < -0.39 is 12.1 Å². The van der Waals surface area contributed by atoms with E-state index in [1.54, 1.807) is 0 Å². The molecule has 0 spiro atoms. The van der Waals surface area contributed by atoms with Gasteiger partial charge < -0.3 is 15.5 Å². The highest BCUT2D eigenvalue weighted by Crippen LogP contribution is 2.14. The van der Waals surface area contributed by atoms with E-state index in [0.717, 1.165) is 5.56 Å². The van der Waals surface area contributed by atoms with Gasteiger partial charge in [-0.1, -0.05) is 0 Å². The zero-order chi connectivity index (χ0) is 10.4. The lowest BCUT2D eigenvalue weighted by molar-refractivity contribution is -0.136. The van der Waals surface area contributed by atoms with E-state index in [-0.39, 0.29) is 6.42 Å². The molecule has 0 aliphatic carbocycles. The first-order valence-electron chi connectivity index (χ1n) is 4.33. The van der Waals surface area contributed by atoms with Crippen LogP contribution in [0.15, 0.2) is 16.8 Å². The lowest BCUT2D eigenvalue weighted by Crippen LogP contribution is -2.23. The molecule has 0 aromatic carbocycles. The largest absolute Gasteiger partial charge is 0.481 e. The van der Waals surface area contributed by atoms with Crippen LogP contribution in [-0.4, -0.2) is 29.3 Å². The van der Waals surface area contributed by atoms with Crippen LogP contribution in [0.25, 0.3) is 0 Å². The summed E-state index contributed by atoms with van der Waals surface area (Å²) in [7, 11) is 0. The van der Waals surface area contributed by atoms with E-state index in [0.29, 0.717) is 13.1 Å². The van der Waals surface area contributed by atoms with Crippen LogP contribution in [0.4, 0.5) is 0 Å². The topological polar surface area (TPSA) is 69.6 Å². The van der Waals surface area contributed by atoms with E-state index in [1.807, 2.05) is 16.8 Å². The third-order valence-corrected chi connectivity index (χ3v) is 2.48. The Balaban J connectivity index is 2.16. The van der Waals surface area contributed by atoms with Gasteiger partial charge in [-0.25, -0.2) is 0 Å². The highest BCUT2D eigenvalue weighted by molar-refractivity contribution is 7.07. The van der Waals surface area contributed by atoms with Gasteiger partial charge in [0.2, 0.25) is 0 Å². The van der Waals surface area contributed by atoms with Crippen molar-refractivity contribution in [2.45, 2.75) is 12.5 Å². The SMILES string of the molecule is O=C(O)CCNCC(O)c1ccsc1. The van der Waals surface area contributed by atoms with Crippen molar-refractivity contribution < 1.29 is 15.0 Å². The summed E-state index contributed by atoms with van der Waals surface area (Å²) in [5.41, 5.74) is 0.873. The average molecular weight is 215 g/mol. The van der Waals surface area contributed by atoms with Crippen molar-refractivity contribution in [3.05, 3.63) is 22.4 Å². The Kier molecular flexibility index (Phi) is 4.58. The Morgan fingerprint density at radius 3 is 3.00 bits per heavy atom. The van der Waals surface area contributed by atoms with Gasteiger partial charge in [-0.3, -0.25) is 4.79 Å². The number of hydrogen-bond donors (Lipinski definition) is 3. The van der Waals surface area contributed by atoms with E-state index in [1.165, 1.54) is 11.3 Å². The Bertz CT molecular complexity index is 274. The second-order valence-electron chi connectivity index (χ2n) is 2.92. The number of aliphatic hydroxyl groups excluding tert-OH is 1. The highest BCUT2D eigenvalue weighted by Gasteiger charge is 2.06. The summed E-state index contributed by atoms with van der Waals surface area (Å²) in [4.78, 5) is 10.2. The van der Waals surface area contributed by atoms with Gasteiger partial charge in [-0.15, -0.1) is 0 Å². The van der Waals surface area contributed by atoms with E-state index in [9.17, 15) is 9.90 Å². The fraction of sp³-hybridized carbons (Fsp3) is 0.444. The van der Waals surface area contributed by atoms with E-state index >= 15 is 0 Å². The van der Waals surface area contributed by atoms with Crippen molar-refractivity contribution in [1.82, 2.24) is 5.32 Å². The Hall–Kier alpha value is -0.910. The zero-order valence-electron chi connectivity index (χ0n) is 7.64. The van der Waals surface area contributed by atoms with Crippen LogP contribution >= 0.6 is 11.3 Å². The summed E-state index contributed by atoms with van der Waals surface area (Å²) in [5.74, 6) is -0.831. The fourth-order valence-corrected chi connectivity index (χ4v) is 1.72. The number of thiophene rings is 1. The minimum Gasteiger partial charge on any atom is -0.481 e. The first kappa shape index (κ1) is 11.2. The Labute approximate surface area is 86.2 Å². The molecule has 0 bridgehead atoms. The number of aliphatic carboxylic acids is 1. The van der Waals surface area contributed by atoms with Crippen LogP contribution in [0.2, 0.25) is 0 Å². The second kappa shape index (κ2) is 5.74. The van der Waals surface area contributed by atoms with Crippen molar-refractivity contribution in [3.8, 4) is 0 Å². The van der Waals surface area contributed by atoms with Crippen LogP contribution in [0.3, 0.4) is 0 Å². The average Bonchev–Trinajstić information content (AvgIpc) is 2.64. The Morgan fingerprint density at radius 2 is 2.43 bits per heavy atom. The number of carboxylic acid groups (broad SMARTS) is 1. The van der Waals surface area contributed by atoms with Gasteiger partial charge in [0.15, 0.2) is 0 Å². The van der Waals surface area contributed by atoms with Crippen molar-refractivity contribution >= 4 is 17.3 Å². The zero-order valence-corrected chi connectivity index (χ0v) is 8.46. The number of hydrogen-bond acceptors (Lipinski definition) is 4. The summed E-state index contributed by atoms with van der Waals surface area (Å²) in [6.07, 6.45) is -0.467. The predicted molar refractivity (Wildman–Crippen MR) is 54.4 cm³/mol. The lowest BCUT2D eigenvalue weighted by Gasteiger charge is -2.09. The number of carboxylic acids is 1. The molecule has 1 aromatic rings. The van der Waals surface area contributed by atoms with Crippen molar-refractivity contribution in [1.29, 1.82) is 0 Å². The van der Waals surface area contributed by atoms with E-state index in [2.05, 4.69) is 5.32 Å². The summed E-state index contributed by atoms with van der Waals surface area (Å²) in [6.45, 7) is 0.778. The van der Waals surface area contributed by atoms with Crippen LogP contribution in [0, 0.1) is 0 Å². The maximum absolute atomic E-state index is 10.2. The number of aliphatic hydroxyl groups is 1. The minimum absolute atomic E-state index is 0.0797. The molecule has 1 rings (SSSR count). The maximum Gasteiger partial charge on any atom is 0.304 e. The first-order valence-corrected chi connectivity index (χ1v) is 5.27. The number of carbonyl (C=O) groups is 1. The van der Waals surface area contributed by atoms with E-state index in [4.69, 9.17) is 5.11 Å². The second-order valence-corrected chi connectivity index (χ2v) is 3.70. The molecule has 0 fully saturated rings. The minimum atomic E-state index is -0.831. The van der Waals surface area contributed by atoms with Crippen molar-refractivity contribution in [2.75, 3.05) is 13.1 Å². The summed E-state index contributed by atoms with van der Waals surface area (Å²) in [5, 5.41) is 24.6. The molecule has 0 saturated heterocycles. The summed E-state index contributed by atoms with van der Waals surface area (Å²) >= 11 is 1.53. The molecule has 1 unspecified atom stereocenters. The fourth-order valence-electron chi connectivity index (χ4n) is 1.02.